The van der Waals surface area contributed by atoms with Crippen LogP contribution >= 0.6 is 11.3 Å². The zero-order valence-electron chi connectivity index (χ0n) is 11.1. The summed E-state index contributed by atoms with van der Waals surface area (Å²) in [4.78, 5) is 3.84. The Labute approximate surface area is 124 Å². The number of aromatic nitrogens is 1. The summed E-state index contributed by atoms with van der Waals surface area (Å²) in [6, 6.07) is 3.08. The zero-order chi connectivity index (χ0) is 15.6. The Morgan fingerprint density at radius 1 is 1.29 bits per heavy atom. The van der Waals surface area contributed by atoms with Gasteiger partial charge in [0.05, 0.1) is 5.69 Å². The van der Waals surface area contributed by atoms with E-state index < -0.39 is 21.7 Å². The van der Waals surface area contributed by atoms with Crippen LogP contribution in [0.15, 0.2) is 22.4 Å². The number of nitrogen functional groups attached to an aromatic ring is 1. The van der Waals surface area contributed by atoms with Gasteiger partial charge >= 0.3 is 0 Å². The molecule has 0 bridgehead atoms. The highest BCUT2D eigenvalue weighted by atomic mass is 32.2. The van der Waals surface area contributed by atoms with Crippen molar-refractivity contribution in [3.63, 3.8) is 0 Å². The van der Waals surface area contributed by atoms with Crippen molar-refractivity contribution in [2.45, 2.75) is 17.6 Å². The lowest BCUT2D eigenvalue weighted by Gasteiger charge is -2.06. The molecule has 21 heavy (non-hydrogen) atoms. The highest BCUT2D eigenvalue weighted by molar-refractivity contribution is 7.91. The molecule has 2 aromatic rings. The molecule has 3 N–H and O–H groups in total. The van der Waals surface area contributed by atoms with Crippen molar-refractivity contribution in [2.75, 3.05) is 12.3 Å². The molecule has 0 fully saturated rings. The summed E-state index contributed by atoms with van der Waals surface area (Å²) in [5, 5.41) is 0.167. The lowest BCUT2D eigenvalue weighted by atomic mass is 10.1. The molecular weight excluding hydrogens is 320 g/mol. The van der Waals surface area contributed by atoms with Gasteiger partial charge in [-0.05, 0) is 31.0 Å². The fraction of sp³-hybridized carbons (Fsp3) is 0.250. The van der Waals surface area contributed by atoms with E-state index in [0.29, 0.717) is 11.3 Å². The van der Waals surface area contributed by atoms with Gasteiger partial charge in [0, 0.05) is 12.6 Å². The Hall–Kier alpha value is -1.58. The second-order valence-corrected chi connectivity index (χ2v) is 7.34. The third kappa shape index (κ3) is 3.96. The second kappa shape index (κ2) is 6.04. The predicted octanol–water partition coefficient (Wildman–Crippen LogP) is 1.83. The molecule has 0 radical (unpaired) electrons. The minimum absolute atomic E-state index is 0.0163. The van der Waals surface area contributed by atoms with Crippen molar-refractivity contribution in [2.24, 2.45) is 0 Å². The first kappa shape index (κ1) is 15.8. The summed E-state index contributed by atoms with van der Waals surface area (Å²) < 4.78 is 52.5. The van der Waals surface area contributed by atoms with Crippen LogP contribution in [0.5, 0.6) is 0 Å². The molecule has 1 aromatic carbocycles. The number of hydrogen-bond donors (Lipinski definition) is 2. The number of sulfonamides is 1. The van der Waals surface area contributed by atoms with Gasteiger partial charge in [-0.25, -0.2) is 26.9 Å². The van der Waals surface area contributed by atoms with Gasteiger partial charge in [-0.3, -0.25) is 0 Å². The van der Waals surface area contributed by atoms with Crippen LogP contribution in [0.1, 0.15) is 11.3 Å². The van der Waals surface area contributed by atoms with Crippen LogP contribution in [0.4, 0.5) is 13.9 Å². The van der Waals surface area contributed by atoms with Gasteiger partial charge < -0.3 is 5.73 Å². The average Bonchev–Trinajstić information content (AvgIpc) is 2.67. The maximum atomic E-state index is 13.0. The van der Waals surface area contributed by atoms with Crippen LogP contribution in [-0.4, -0.2) is 19.9 Å². The van der Waals surface area contributed by atoms with Crippen LogP contribution in [0.25, 0.3) is 0 Å². The molecule has 0 spiro atoms. The number of aryl methyl sites for hydroxylation is 1. The first-order valence-corrected chi connectivity index (χ1v) is 8.25. The minimum Gasteiger partial charge on any atom is -0.375 e. The van der Waals surface area contributed by atoms with Crippen molar-refractivity contribution in [1.29, 1.82) is 0 Å². The van der Waals surface area contributed by atoms with Gasteiger partial charge in [-0.1, -0.05) is 11.3 Å². The van der Waals surface area contributed by atoms with Crippen molar-refractivity contribution in [1.82, 2.24) is 9.71 Å². The molecule has 0 amide bonds. The predicted molar refractivity (Wildman–Crippen MR) is 76.5 cm³/mol. The summed E-state index contributed by atoms with van der Waals surface area (Å²) in [5.41, 5.74) is 6.15. The van der Waals surface area contributed by atoms with Crippen LogP contribution in [0.2, 0.25) is 0 Å². The van der Waals surface area contributed by atoms with Crippen molar-refractivity contribution < 1.29 is 17.2 Å². The first-order chi connectivity index (χ1) is 9.78. The lowest BCUT2D eigenvalue weighted by Crippen LogP contribution is -2.25. The van der Waals surface area contributed by atoms with Gasteiger partial charge in [-0.15, -0.1) is 0 Å². The maximum Gasteiger partial charge on any atom is 0.252 e. The molecule has 5 nitrogen and oxygen atoms in total. The van der Waals surface area contributed by atoms with Gasteiger partial charge in [0.2, 0.25) is 0 Å². The molecule has 0 aliphatic heterocycles. The Morgan fingerprint density at radius 2 is 1.90 bits per heavy atom. The molecule has 0 aliphatic carbocycles. The number of nitrogens with zero attached hydrogens (tertiary/aromatic N) is 1. The van der Waals surface area contributed by atoms with E-state index in [1.54, 1.807) is 6.92 Å². The van der Waals surface area contributed by atoms with Gasteiger partial charge in [0.25, 0.3) is 10.0 Å². The van der Waals surface area contributed by atoms with Crippen molar-refractivity contribution in [3.05, 3.63) is 41.1 Å². The second-order valence-electron chi connectivity index (χ2n) is 4.35. The van der Waals surface area contributed by atoms with Crippen molar-refractivity contribution in [3.8, 4) is 0 Å². The molecule has 9 heteroatoms. The Balaban J connectivity index is 2.04. The van der Waals surface area contributed by atoms with E-state index in [2.05, 4.69) is 9.71 Å². The Kier molecular flexibility index (Phi) is 4.55. The third-order valence-electron chi connectivity index (χ3n) is 2.64. The van der Waals surface area contributed by atoms with Crippen LogP contribution in [0.3, 0.4) is 0 Å². The quantitative estimate of drug-likeness (QED) is 0.874. The number of hydrogen-bond acceptors (Lipinski definition) is 5. The average molecular weight is 333 g/mol. The Morgan fingerprint density at radius 3 is 2.43 bits per heavy atom. The van der Waals surface area contributed by atoms with E-state index in [-0.39, 0.29) is 22.3 Å². The van der Waals surface area contributed by atoms with E-state index in [1.165, 1.54) is 0 Å². The number of halogens is 2. The normalized spacial score (nSPS) is 11.8. The lowest BCUT2D eigenvalue weighted by molar-refractivity contribution is 0.577. The largest absolute Gasteiger partial charge is 0.375 e. The number of anilines is 1. The molecular formula is C12H13F2N3O2S2. The van der Waals surface area contributed by atoms with E-state index in [0.717, 1.165) is 29.5 Å². The molecule has 0 aliphatic rings. The fourth-order valence-corrected chi connectivity index (χ4v) is 4.18. The fourth-order valence-electron chi connectivity index (χ4n) is 1.80. The van der Waals surface area contributed by atoms with E-state index in [1.807, 2.05) is 0 Å². The van der Waals surface area contributed by atoms with Crippen LogP contribution in [0, 0.1) is 18.6 Å². The van der Waals surface area contributed by atoms with E-state index >= 15 is 0 Å². The number of nitrogens with two attached hydrogens (primary N) is 1. The summed E-state index contributed by atoms with van der Waals surface area (Å²) in [6.45, 7) is 1.56. The summed E-state index contributed by atoms with van der Waals surface area (Å²) in [6.07, 6.45) is 0.168. The first-order valence-electron chi connectivity index (χ1n) is 5.95. The molecule has 1 aromatic heterocycles. The smallest absolute Gasteiger partial charge is 0.252 e. The summed E-state index contributed by atoms with van der Waals surface area (Å²) in [7, 11) is -3.72. The molecule has 0 unspecified atom stereocenters. The molecule has 0 saturated carbocycles. The minimum atomic E-state index is -3.72. The van der Waals surface area contributed by atoms with E-state index in [9.17, 15) is 17.2 Å². The molecule has 1 heterocycles. The van der Waals surface area contributed by atoms with Gasteiger partial charge in [0.1, 0.15) is 11.6 Å². The molecule has 114 valence electrons. The van der Waals surface area contributed by atoms with Gasteiger partial charge in [-0.2, -0.15) is 0 Å². The molecule has 0 saturated heterocycles. The number of benzene rings is 1. The van der Waals surface area contributed by atoms with Crippen LogP contribution in [-0.2, 0) is 16.4 Å². The number of thiazole rings is 1. The third-order valence-corrected chi connectivity index (χ3v) is 5.70. The Bertz CT molecular complexity index is 740. The highest BCUT2D eigenvalue weighted by Gasteiger charge is 2.20. The summed E-state index contributed by atoms with van der Waals surface area (Å²) >= 11 is 0.869. The van der Waals surface area contributed by atoms with Gasteiger partial charge in [0.15, 0.2) is 9.34 Å². The maximum absolute atomic E-state index is 13.0. The molecule has 2 rings (SSSR count). The standard InChI is InChI=1S/C12H13F2N3O2S2/c1-7-11(20-12(15)17-7)21(18,19)16-3-2-8-4-9(13)6-10(14)5-8/h4-6,16H,2-3H2,1H3,(H2,15,17). The van der Waals surface area contributed by atoms with E-state index in [4.69, 9.17) is 5.73 Å². The molecule has 0 atom stereocenters. The number of nitrogens with one attached hydrogen (secondary N) is 1. The monoisotopic (exact) mass is 333 g/mol. The number of rotatable bonds is 5. The summed E-state index contributed by atoms with van der Waals surface area (Å²) in [5.74, 6) is -1.39. The zero-order valence-corrected chi connectivity index (χ0v) is 12.7. The van der Waals surface area contributed by atoms with Crippen LogP contribution < -0.4 is 10.5 Å². The van der Waals surface area contributed by atoms with Crippen molar-refractivity contribution >= 4 is 26.5 Å². The topological polar surface area (TPSA) is 85.1 Å². The SMILES string of the molecule is Cc1nc(N)sc1S(=O)(=O)NCCc1cc(F)cc(F)c1. The highest BCUT2D eigenvalue weighted by Crippen LogP contribution is 2.24.